The first kappa shape index (κ1) is 23.7. The molecule has 0 radical (unpaired) electrons. The molecule has 0 heterocycles. The molecule has 31 heavy (non-hydrogen) atoms. The van der Waals surface area contributed by atoms with E-state index in [2.05, 4.69) is 5.32 Å². The number of hydrogen-bond acceptors (Lipinski definition) is 4. The Balaban J connectivity index is 1.94. The Bertz CT molecular complexity index is 952. The summed E-state index contributed by atoms with van der Waals surface area (Å²) in [7, 11) is 0. The molecule has 2 rings (SSSR count). The molecule has 0 fully saturated rings. The molecule has 0 atom stereocenters. The molecule has 0 saturated heterocycles. The molecule has 0 saturated carbocycles. The molecule has 166 valence electrons. The predicted octanol–water partition coefficient (Wildman–Crippen LogP) is 2.39. The summed E-state index contributed by atoms with van der Waals surface area (Å²) in [4.78, 5) is 36.7. The maximum absolute atomic E-state index is 13.7. The fraction of sp³-hybridized carbons (Fsp3) is 0.286. The van der Waals surface area contributed by atoms with Gasteiger partial charge in [0.05, 0.1) is 18.7 Å². The van der Waals surface area contributed by atoms with Crippen molar-refractivity contribution >= 4 is 23.4 Å². The van der Waals surface area contributed by atoms with E-state index in [-0.39, 0.29) is 19.6 Å². The molecular formula is C21H22F3N3O4. The van der Waals surface area contributed by atoms with Crippen LogP contribution in [0.5, 0.6) is 5.75 Å². The van der Waals surface area contributed by atoms with E-state index in [0.717, 1.165) is 6.07 Å². The Morgan fingerprint density at radius 2 is 1.71 bits per heavy atom. The number of hydrogen-bond donors (Lipinski definition) is 2. The van der Waals surface area contributed by atoms with Crippen molar-refractivity contribution in [3.8, 4) is 5.75 Å². The quantitative estimate of drug-likeness (QED) is 0.557. The van der Waals surface area contributed by atoms with Crippen LogP contribution in [0.4, 0.5) is 18.9 Å². The zero-order valence-electron chi connectivity index (χ0n) is 16.8. The van der Waals surface area contributed by atoms with Gasteiger partial charge in [-0.05, 0) is 36.2 Å². The molecule has 0 aliphatic rings. The second kappa shape index (κ2) is 11.0. The van der Waals surface area contributed by atoms with Gasteiger partial charge in [0.15, 0.2) is 24.1 Å². The topological polar surface area (TPSA) is 102 Å². The summed E-state index contributed by atoms with van der Waals surface area (Å²) in [5, 5.41) is 2.12. The summed E-state index contributed by atoms with van der Waals surface area (Å²) in [6.45, 7) is 1.24. The molecule has 3 N–H and O–H groups in total. The number of ether oxygens (including phenoxy) is 1. The van der Waals surface area contributed by atoms with Crippen LogP contribution in [0.25, 0.3) is 0 Å². The second-order valence-electron chi connectivity index (χ2n) is 6.66. The van der Waals surface area contributed by atoms with Crippen molar-refractivity contribution in [2.45, 2.75) is 19.8 Å². The number of rotatable bonds is 10. The highest BCUT2D eigenvalue weighted by molar-refractivity contribution is 5.94. The Morgan fingerprint density at radius 3 is 2.32 bits per heavy atom. The predicted molar refractivity (Wildman–Crippen MR) is 107 cm³/mol. The van der Waals surface area contributed by atoms with Crippen LogP contribution in [0.15, 0.2) is 36.4 Å². The first-order valence-electron chi connectivity index (χ1n) is 9.42. The van der Waals surface area contributed by atoms with E-state index >= 15 is 0 Å². The van der Waals surface area contributed by atoms with Crippen LogP contribution in [0, 0.1) is 17.5 Å². The monoisotopic (exact) mass is 437 g/mol. The van der Waals surface area contributed by atoms with Gasteiger partial charge in [-0.3, -0.25) is 14.4 Å². The van der Waals surface area contributed by atoms with Crippen LogP contribution in [0.1, 0.15) is 18.9 Å². The number of benzene rings is 2. The molecule has 0 bridgehead atoms. The summed E-state index contributed by atoms with van der Waals surface area (Å²) in [6, 6.07) is 8.01. The van der Waals surface area contributed by atoms with Gasteiger partial charge < -0.3 is 20.7 Å². The maximum atomic E-state index is 13.7. The number of halogens is 3. The molecule has 0 aliphatic heterocycles. The molecule has 3 amide bonds. The van der Waals surface area contributed by atoms with Gasteiger partial charge in [-0.1, -0.05) is 19.1 Å². The largest absolute Gasteiger partial charge is 0.484 e. The lowest BCUT2D eigenvalue weighted by Crippen LogP contribution is -2.41. The highest BCUT2D eigenvalue weighted by atomic mass is 19.2. The zero-order chi connectivity index (χ0) is 23.0. The van der Waals surface area contributed by atoms with Crippen molar-refractivity contribution in [3.05, 3.63) is 59.4 Å². The standard InChI is InChI=1S/C21H22F3N3O4/c1-2-9-27(11-18(29)26-16-8-7-15(22)20(23)21(16)24)19(30)12-31-14-5-3-13(4-6-14)10-17(25)28/h3-8H,2,9-12H2,1H3,(H2,25,28)(H,26,29). The second-order valence-corrected chi connectivity index (χ2v) is 6.66. The fourth-order valence-corrected chi connectivity index (χ4v) is 2.69. The highest BCUT2D eigenvalue weighted by Gasteiger charge is 2.20. The van der Waals surface area contributed by atoms with Gasteiger partial charge in [0.25, 0.3) is 5.91 Å². The van der Waals surface area contributed by atoms with Crippen molar-refractivity contribution < 1.29 is 32.3 Å². The first-order chi connectivity index (χ1) is 14.7. The van der Waals surface area contributed by atoms with Gasteiger partial charge in [0.2, 0.25) is 11.8 Å². The molecule has 7 nitrogen and oxygen atoms in total. The van der Waals surface area contributed by atoms with Crippen LogP contribution < -0.4 is 15.8 Å². The number of carbonyl (C=O) groups is 3. The third-order valence-electron chi connectivity index (χ3n) is 4.15. The van der Waals surface area contributed by atoms with Crippen LogP contribution in [-0.4, -0.2) is 42.3 Å². The van der Waals surface area contributed by atoms with E-state index in [0.29, 0.717) is 23.8 Å². The zero-order valence-corrected chi connectivity index (χ0v) is 16.8. The van der Waals surface area contributed by atoms with E-state index in [1.54, 1.807) is 31.2 Å². The lowest BCUT2D eigenvalue weighted by Gasteiger charge is -2.22. The smallest absolute Gasteiger partial charge is 0.260 e. The SMILES string of the molecule is CCCN(CC(=O)Nc1ccc(F)c(F)c1F)C(=O)COc1ccc(CC(N)=O)cc1. The highest BCUT2D eigenvalue weighted by Crippen LogP contribution is 2.19. The lowest BCUT2D eigenvalue weighted by molar-refractivity contribution is -0.136. The van der Waals surface area contributed by atoms with Gasteiger partial charge in [0.1, 0.15) is 5.75 Å². The minimum absolute atomic E-state index is 0.0805. The van der Waals surface area contributed by atoms with Crippen molar-refractivity contribution in [1.29, 1.82) is 0 Å². The Hall–Kier alpha value is -3.56. The van der Waals surface area contributed by atoms with Crippen LogP contribution in [0.3, 0.4) is 0 Å². The summed E-state index contributed by atoms with van der Waals surface area (Å²) in [5.74, 6) is -5.96. The average Bonchev–Trinajstić information content (AvgIpc) is 2.72. The maximum Gasteiger partial charge on any atom is 0.260 e. The van der Waals surface area contributed by atoms with Crippen LogP contribution >= 0.6 is 0 Å². The average molecular weight is 437 g/mol. The van der Waals surface area contributed by atoms with Crippen LogP contribution in [-0.2, 0) is 20.8 Å². The Morgan fingerprint density at radius 1 is 1.03 bits per heavy atom. The number of nitrogens with zero attached hydrogens (tertiary/aromatic N) is 1. The number of nitrogens with one attached hydrogen (secondary N) is 1. The van der Waals surface area contributed by atoms with Gasteiger partial charge >= 0.3 is 0 Å². The van der Waals surface area contributed by atoms with Gasteiger partial charge in [-0.25, -0.2) is 13.2 Å². The van der Waals surface area contributed by atoms with E-state index in [9.17, 15) is 27.6 Å². The number of carbonyl (C=O) groups excluding carboxylic acids is 3. The molecular weight excluding hydrogens is 415 g/mol. The summed E-state index contributed by atoms with van der Waals surface area (Å²) >= 11 is 0. The third-order valence-corrected chi connectivity index (χ3v) is 4.15. The molecule has 10 heteroatoms. The summed E-state index contributed by atoms with van der Waals surface area (Å²) < 4.78 is 45.4. The third kappa shape index (κ3) is 7.02. The number of anilines is 1. The van der Waals surface area contributed by atoms with Gasteiger partial charge in [-0.15, -0.1) is 0 Å². The number of primary amides is 1. The fourth-order valence-electron chi connectivity index (χ4n) is 2.69. The van der Waals surface area contributed by atoms with E-state index in [1.165, 1.54) is 4.90 Å². The molecule has 0 aliphatic carbocycles. The van der Waals surface area contributed by atoms with E-state index < -0.39 is 47.4 Å². The molecule has 0 unspecified atom stereocenters. The lowest BCUT2D eigenvalue weighted by atomic mass is 10.1. The normalized spacial score (nSPS) is 10.5. The first-order valence-corrected chi connectivity index (χ1v) is 9.42. The minimum atomic E-state index is -1.70. The van der Waals surface area contributed by atoms with Gasteiger partial charge in [-0.2, -0.15) is 0 Å². The number of nitrogens with two attached hydrogens (primary N) is 1. The summed E-state index contributed by atoms with van der Waals surface area (Å²) in [6.07, 6.45) is 0.623. The van der Waals surface area contributed by atoms with Crippen molar-refractivity contribution in [1.82, 2.24) is 4.90 Å². The van der Waals surface area contributed by atoms with Gasteiger partial charge in [0, 0.05) is 6.54 Å². The molecule has 2 aromatic rings. The minimum Gasteiger partial charge on any atom is -0.484 e. The molecule has 0 spiro atoms. The van der Waals surface area contributed by atoms with Crippen molar-refractivity contribution in [2.75, 3.05) is 25.0 Å². The molecule has 0 aromatic heterocycles. The van der Waals surface area contributed by atoms with Crippen molar-refractivity contribution in [2.24, 2.45) is 5.73 Å². The Labute approximate surface area is 177 Å². The Kier molecular flexibility index (Phi) is 8.42. The van der Waals surface area contributed by atoms with Crippen molar-refractivity contribution in [3.63, 3.8) is 0 Å². The number of amides is 3. The van der Waals surface area contributed by atoms with E-state index in [1.807, 2.05) is 0 Å². The molecule has 2 aromatic carbocycles. The van der Waals surface area contributed by atoms with E-state index in [4.69, 9.17) is 10.5 Å². The summed E-state index contributed by atoms with van der Waals surface area (Å²) in [5.41, 5.74) is 5.29. The van der Waals surface area contributed by atoms with Crippen LogP contribution in [0.2, 0.25) is 0 Å².